The van der Waals surface area contributed by atoms with Gasteiger partial charge in [-0.1, -0.05) is 18.2 Å². The third-order valence-corrected chi connectivity index (χ3v) is 4.01. The largest absolute Gasteiger partial charge is 0.493 e. The summed E-state index contributed by atoms with van der Waals surface area (Å²) in [5.74, 6) is 3.02. The van der Waals surface area contributed by atoms with Crippen molar-refractivity contribution in [1.82, 2.24) is 10.6 Å². The van der Waals surface area contributed by atoms with Crippen LogP contribution in [0.2, 0.25) is 0 Å². The third-order valence-electron chi connectivity index (χ3n) is 3.31. The summed E-state index contributed by atoms with van der Waals surface area (Å²) in [7, 11) is 1.81. The van der Waals surface area contributed by atoms with Crippen molar-refractivity contribution in [3.63, 3.8) is 0 Å². The van der Waals surface area contributed by atoms with Crippen LogP contribution in [0.25, 0.3) is 0 Å². The lowest BCUT2D eigenvalue weighted by molar-refractivity contribution is 0.261. The van der Waals surface area contributed by atoms with Gasteiger partial charge in [-0.25, -0.2) is 0 Å². The zero-order valence-corrected chi connectivity index (χ0v) is 13.0. The quantitative estimate of drug-likeness (QED) is 0.497. The second kappa shape index (κ2) is 8.04. The fourth-order valence-electron chi connectivity index (χ4n) is 2.27. The molecule has 2 rings (SSSR count). The number of aliphatic imine (C=N–C) groups is 1. The summed E-state index contributed by atoms with van der Waals surface area (Å²) in [5, 5.41) is 6.86. The van der Waals surface area contributed by atoms with Crippen molar-refractivity contribution in [2.75, 3.05) is 32.2 Å². The van der Waals surface area contributed by atoms with Gasteiger partial charge in [0, 0.05) is 25.6 Å². The summed E-state index contributed by atoms with van der Waals surface area (Å²) in [6.45, 7) is 1.70. The zero-order valence-electron chi connectivity index (χ0n) is 12.2. The average Bonchev–Trinajstić information content (AvgIpc) is 2.50. The van der Waals surface area contributed by atoms with Gasteiger partial charge in [0.05, 0.1) is 12.6 Å². The molecule has 0 fully saturated rings. The van der Waals surface area contributed by atoms with Crippen LogP contribution in [-0.4, -0.2) is 38.2 Å². The topological polar surface area (TPSA) is 45.7 Å². The van der Waals surface area contributed by atoms with E-state index in [0.29, 0.717) is 0 Å². The molecule has 0 amide bonds. The summed E-state index contributed by atoms with van der Waals surface area (Å²) in [5.41, 5.74) is 1.21. The van der Waals surface area contributed by atoms with Gasteiger partial charge >= 0.3 is 0 Å². The van der Waals surface area contributed by atoms with Crippen LogP contribution in [0.15, 0.2) is 29.3 Å². The molecule has 2 N–H and O–H groups in total. The summed E-state index contributed by atoms with van der Waals surface area (Å²) in [6.07, 6.45) is 4.24. The normalized spacial score (nSPS) is 18.1. The van der Waals surface area contributed by atoms with Crippen molar-refractivity contribution >= 4 is 17.7 Å². The average molecular weight is 293 g/mol. The maximum atomic E-state index is 5.68. The number of guanidine groups is 1. The van der Waals surface area contributed by atoms with E-state index in [4.69, 9.17) is 4.74 Å². The number of fused-ring (bicyclic) bond motifs is 1. The van der Waals surface area contributed by atoms with Crippen molar-refractivity contribution in [2.45, 2.75) is 18.9 Å². The van der Waals surface area contributed by atoms with E-state index in [9.17, 15) is 0 Å². The highest BCUT2D eigenvalue weighted by Gasteiger charge is 2.21. The van der Waals surface area contributed by atoms with Gasteiger partial charge in [-0.3, -0.25) is 4.99 Å². The van der Waals surface area contributed by atoms with Crippen LogP contribution >= 0.6 is 11.8 Å². The molecule has 0 radical (unpaired) electrons. The molecule has 4 nitrogen and oxygen atoms in total. The number of para-hydroxylation sites is 1. The number of nitrogens with zero attached hydrogens (tertiary/aromatic N) is 1. The van der Waals surface area contributed by atoms with Crippen molar-refractivity contribution in [1.29, 1.82) is 0 Å². The Bertz CT molecular complexity index is 450. The van der Waals surface area contributed by atoms with Gasteiger partial charge in [-0.2, -0.15) is 11.8 Å². The minimum atomic E-state index is 0.270. The molecule has 0 aromatic heterocycles. The highest BCUT2D eigenvalue weighted by Crippen LogP contribution is 2.31. The highest BCUT2D eigenvalue weighted by molar-refractivity contribution is 7.98. The first-order chi connectivity index (χ1) is 9.85. The molecule has 110 valence electrons. The molecule has 1 unspecified atom stereocenters. The van der Waals surface area contributed by atoms with Crippen LogP contribution in [0.1, 0.15) is 24.4 Å². The molecule has 0 bridgehead atoms. The van der Waals surface area contributed by atoms with E-state index >= 15 is 0 Å². The molecule has 20 heavy (non-hydrogen) atoms. The van der Waals surface area contributed by atoms with E-state index < -0.39 is 0 Å². The van der Waals surface area contributed by atoms with Gasteiger partial charge in [-0.15, -0.1) is 0 Å². The number of hydrogen-bond donors (Lipinski definition) is 2. The number of hydrogen-bond acceptors (Lipinski definition) is 3. The minimum absolute atomic E-state index is 0.270. The Morgan fingerprint density at radius 3 is 3.10 bits per heavy atom. The summed E-state index contributed by atoms with van der Waals surface area (Å²) >= 11 is 1.87. The lowest BCUT2D eigenvalue weighted by atomic mass is 10.0. The van der Waals surface area contributed by atoms with Crippen LogP contribution in [0, 0.1) is 0 Å². The van der Waals surface area contributed by atoms with Gasteiger partial charge in [-0.05, 0) is 24.5 Å². The van der Waals surface area contributed by atoms with Crippen LogP contribution < -0.4 is 15.4 Å². The van der Waals surface area contributed by atoms with Gasteiger partial charge in [0.25, 0.3) is 0 Å². The Hall–Kier alpha value is -1.36. The molecule has 0 saturated heterocycles. The molecule has 1 aromatic rings. The maximum Gasteiger partial charge on any atom is 0.191 e. The van der Waals surface area contributed by atoms with Crippen molar-refractivity contribution in [2.24, 2.45) is 4.99 Å². The highest BCUT2D eigenvalue weighted by atomic mass is 32.2. The predicted molar refractivity (Wildman–Crippen MR) is 86.8 cm³/mol. The second-order valence-corrected chi connectivity index (χ2v) is 5.70. The van der Waals surface area contributed by atoms with E-state index in [0.717, 1.165) is 37.7 Å². The number of rotatable bonds is 5. The van der Waals surface area contributed by atoms with Gasteiger partial charge in [0.2, 0.25) is 0 Å². The van der Waals surface area contributed by atoms with Gasteiger partial charge in [0.15, 0.2) is 5.96 Å². The van der Waals surface area contributed by atoms with E-state index in [1.165, 1.54) is 11.3 Å². The summed E-state index contributed by atoms with van der Waals surface area (Å²) < 4.78 is 5.68. The Morgan fingerprint density at radius 2 is 2.30 bits per heavy atom. The molecule has 1 aliphatic rings. The Labute approximate surface area is 125 Å². The molecule has 1 aromatic carbocycles. The SMILES string of the molecule is CN=C(NCCCSC)NC1CCOc2ccccc21. The lowest BCUT2D eigenvalue weighted by Crippen LogP contribution is -2.41. The summed E-state index contributed by atoms with van der Waals surface area (Å²) in [6, 6.07) is 8.48. The third kappa shape index (κ3) is 4.07. The number of benzene rings is 1. The van der Waals surface area contributed by atoms with Gasteiger partial charge < -0.3 is 15.4 Å². The smallest absolute Gasteiger partial charge is 0.191 e. The van der Waals surface area contributed by atoms with Crippen molar-refractivity contribution in [3.05, 3.63) is 29.8 Å². The molecule has 5 heteroatoms. The van der Waals surface area contributed by atoms with Crippen molar-refractivity contribution in [3.8, 4) is 5.75 Å². The molecule has 0 aliphatic carbocycles. The Balaban J connectivity index is 1.92. The summed E-state index contributed by atoms with van der Waals surface area (Å²) in [4.78, 5) is 4.30. The van der Waals surface area contributed by atoms with E-state index in [1.807, 2.05) is 30.9 Å². The molecule has 0 saturated carbocycles. The van der Waals surface area contributed by atoms with E-state index in [-0.39, 0.29) is 6.04 Å². The van der Waals surface area contributed by atoms with E-state index in [2.05, 4.69) is 34.0 Å². The van der Waals surface area contributed by atoms with Crippen LogP contribution in [0.3, 0.4) is 0 Å². The first-order valence-corrected chi connectivity index (χ1v) is 8.42. The monoisotopic (exact) mass is 293 g/mol. The second-order valence-electron chi connectivity index (χ2n) is 4.72. The van der Waals surface area contributed by atoms with E-state index in [1.54, 1.807) is 0 Å². The predicted octanol–water partition coefficient (Wildman–Crippen LogP) is 2.43. The van der Waals surface area contributed by atoms with Crippen LogP contribution in [0.5, 0.6) is 5.75 Å². The van der Waals surface area contributed by atoms with Gasteiger partial charge in [0.1, 0.15) is 5.75 Å². The fraction of sp³-hybridized carbons (Fsp3) is 0.533. The standard InChI is InChI=1S/C15H23N3OS/c1-16-15(17-9-5-11-20-2)18-13-8-10-19-14-7-4-3-6-12(13)14/h3-4,6-7,13H,5,8-11H2,1-2H3,(H2,16,17,18). The molecular formula is C15H23N3OS. The molecular weight excluding hydrogens is 270 g/mol. The molecule has 1 heterocycles. The van der Waals surface area contributed by atoms with Crippen molar-refractivity contribution < 1.29 is 4.74 Å². The number of nitrogens with one attached hydrogen (secondary N) is 2. The molecule has 0 spiro atoms. The molecule has 1 aliphatic heterocycles. The minimum Gasteiger partial charge on any atom is -0.493 e. The van der Waals surface area contributed by atoms with Crippen LogP contribution in [-0.2, 0) is 0 Å². The lowest BCUT2D eigenvalue weighted by Gasteiger charge is -2.28. The Morgan fingerprint density at radius 1 is 1.45 bits per heavy atom. The number of thioether (sulfide) groups is 1. The molecule has 1 atom stereocenters. The zero-order chi connectivity index (χ0) is 14.2. The number of ether oxygens (including phenoxy) is 1. The maximum absolute atomic E-state index is 5.68. The fourth-order valence-corrected chi connectivity index (χ4v) is 2.71. The Kier molecular flexibility index (Phi) is 6.05. The first-order valence-electron chi connectivity index (χ1n) is 7.03. The first kappa shape index (κ1) is 15.0. The van der Waals surface area contributed by atoms with Crippen LogP contribution in [0.4, 0.5) is 0 Å².